The third kappa shape index (κ3) is 4.85. The molecule has 2 saturated heterocycles. The van der Waals surface area contributed by atoms with E-state index in [1.165, 1.54) is 17.4 Å². The molecule has 1 atom stereocenters. The smallest absolute Gasteiger partial charge is 0.228 e. The van der Waals surface area contributed by atoms with Crippen molar-refractivity contribution >= 4 is 22.8 Å². The van der Waals surface area contributed by atoms with Gasteiger partial charge in [-0.2, -0.15) is 0 Å². The molecule has 2 aliphatic heterocycles. The first-order valence-corrected chi connectivity index (χ1v) is 12.3. The molecule has 2 fully saturated rings. The molecule has 5 rings (SSSR count). The van der Waals surface area contributed by atoms with Gasteiger partial charge in [0, 0.05) is 55.6 Å². The minimum atomic E-state index is -0.284. The zero-order valence-corrected chi connectivity index (χ0v) is 19.5. The van der Waals surface area contributed by atoms with E-state index >= 15 is 0 Å². The van der Waals surface area contributed by atoms with Crippen molar-refractivity contribution in [2.24, 2.45) is 11.3 Å². The molecule has 172 valence electrons. The second-order valence-corrected chi connectivity index (χ2v) is 9.93. The van der Waals surface area contributed by atoms with E-state index in [0.29, 0.717) is 11.8 Å². The summed E-state index contributed by atoms with van der Waals surface area (Å²) in [5, 5.41) is 1.21. The summed E-state index contributed by atoms with van der Waals surface area (Å²) in [7, 11) is 0. The molecule has 0 saturated carbocycles. The van der Waals surface area contributed by atoms with Crippen molar-refractivity contribution in [3.8, 4) is 0 Å². The fourth-order valence-electron chi connectivity index (χ4n) is 5.38. The number of amides is 1. The SMILES string of the molecule is CC1(C(=O)N2CCCC(Cc3cnc4ccccc4c3)CC2)CCN(c2ncccn2)CC1. The predicted octanol–water partition coefficient (Wildman–Crippen LogP) is 4.50. The van der Waals surface area contributed by atoms with E-state index in [-0.39, 0.29) is 5.41 Å². The van der Waals surface area contributed by atoms with Crippen LogP contribution in [-0.2, 0) is 11.2 Å². The number of para-hydroxylation sites is 1. The fraction of sp³-hybridized carbons (Fsp3) is 0.481. The first-order chi connectivity index (χ1) is 16.1. The van der Waals surface area contributed by atoms with Crippen molar-refractivity contribution in [1.29, 1.82) is 0 Å². The Kier molecular flexibility index (Phi) is 6.25. The second-order valence-electron chi connectivity index (χ2n) is 9.93. The van der Waals surface area contributed by atoms with E-state index in [9.17, 15) is 4.79 Å². The molecule has 0 bridgehead atoms. The van der Waals surface area contributed by atoms with Gasteiger partial charge in [0.15, 0.2) is 0 Å². The van der Waals surface area contributed by atoms with Crippen LogP contribution >= 0.6 is 0 Å². The first-order valence-electron chi connectivity index (χ1n) is 12.3. The number of hydrogen-bond acceptors (Lipinski definition) is 5. The van der Waals surface area contributed by atoms with E-state index in [0.717, 1.165) is 69.7 Å². The van der Waals surface area contributed by atoms with Crippen molar-refractivity contribution < 1.29 is 4.79 Å². The fourth-order valence-corrected chi connectivity index (χ4v) is 5.38. The molecule has 1 aromatic carbocycles. The Morgan fingerprint density at radius 3 is 2.61 bits per heavy atom. The summed E-state index contributed by atoms with van der Waals surface area (Å²) in [4.78, 5) is 31.3. The van der Waals surface area contributed by atoms with E-state index in [1.54, 1.807) is 12.4 Å². The largest absolute Gasteiger partial charge is 0.342 e. The van der Waals surface area contributed by atoms with Crippen LogP contribution in [0.2, 0.25) is 0 Å². The highest BCUT2D eigenvalue weighted by Crippen LogP contribution is 2.35. The number of carbonyl (C=O) groups is 1. The number of fused-ring (bicyclic) bond motifs is 1. The van der Waals surface area contributed by atoms with Gasteiger partial charge in [-0.25, -0.2) is 9.97 Å². The summed E-state index contributed by atoms with van der Waals surface area (Å²) in [5.41, 5.74) is 2.07. The molecule has 33 heavy (non-hydrogen) atoms. The molecule has 2 aliphatic rings. The molecule has 1 unspecified atom stereocenters. The van der Waals surface area contributed by atoms with E-state index in [1.807, 2.05) is 18.3 Å². The standard InChI is InChI=1S/C27H33N5O/c1-27(10-16-32(17-11-27)26-28-12-5-13-29-26)25(33)31-14-4-6-21(9-15-31)18-22-19-23-7-2-3-8-24(23)30-20-22/h2-3,5,7-8,12-13,19-21H,4,6,9-11,14-18H2,1H3. The minimum absolute atomic E-state index is 0.284. The van der Waals surface area contributed by atoms with Crippen molar-refractivity contribution in [3.63, 3.8) is 0 Å². The Morgan fingerprint density at radius 2 is 1.79 bits per heavy atom. The molecule has 2 aromatic heterocycles. The maximum atomic E-state index is 13.5. The van der Waals surface area contributed by atoms with Crippen molar-refractivity contribution in [2.45, 2.75) is 45.4 Å². The minimum Gasteiger partial charge on any atom is -0.342 e. The average molecular weight is 444 g/mol. The quantitative estimate of drug-likeness (QED) is 0.594. The lowest BCUT2D eigenvalue weighted by molar-refractivity contribution is -0.142. The Morgan fingerprint density at radius 1 is 1.00 bits per heavy atom. The van der Waals surface area contributed by atoms with Gasteiger partial charge >= 0.3 is 0 Å². The lowest BCUT2D eigenvalue weighted by atomic mass is 9.79. The number of anilines is 1. The third-order valence-electron chi connectivity index (χ3n) is 7.52. The summed E-state index contributed by atoms with van der Waals surface area (Å²) < 4.78 is 0. The van der Waals surface area contributed by atoms with Gasteiger partial charge in [-0.3, -0.25) is 9.78 Å². The van der Waals surface area contributed by atoms with Gasteiger partial charge in [0.1, 0.15) is 0 Å². The highest BCUT2D eigenvalue weighted by atomic mass is 16.2. The number of aromatic nitrogens is 3. The number of pyridine rings is 1. The van der Waals surface area contributed by atoms with Crippen LogP contribution < -0.4 is 4.90 Å². The molecule has 0 radical (unpaired) electrons. The maximum absolute atomic E-state index is 13.5. The summed E-state index contributed by atoms with van der Waals surface area (Å²) >= 11 is 0. The van der Waals surface area contributed by atoms with Crippen LogP contribution in [-0.4, -0.2) is 51.9 Å². The van der Waals surface area contributed by atoms with Gasteiger partial charge in [-0.05, 0) is 68.2 Å². The number of nitrogens with zero attached hydrogens (tertiary/aromatic N) is 5. The summed E-state index contributed by atoms with van der Waals surface area (Å²) in [5.74, 6) is 1.72. The van der Waals surface area contributed by atoms with Gasteiger partial charge in [0.05, 0.1) is 5.52 Å². The van der Waals surface area contributed by atoms with E-state index in [4.69, 9.17) is 0 Å². The van der Waals surface area contributed by atoms with Gasteiger partial charge in [0.2, 0.25) is 11.9 Å². The molecule has 0 aliphatic carbocycles. The summed E-state index contributed by atoms with van der Waals surface area (Å²) in [6.45, 7) is 5.56. The zero-order chi connectivity index (χ0) is 22.7. The molecule has 0 spiro atoms. The van der Waals surface area contributed by atoms with Crippen LogP contribution in [0.3, 0.4) is 0 Å². The van der Waals surface area contributed by atoms with Crippen LogP contribution in [0.5, 0.6) is 0 Å². The summed E-state index contributed by atoms with van der Waals surface area (Å²) in [6.07, 6.45) is 11.7. The van der Waals surface area contributed by atoms with Crippen LogP contribution in [0.15, 0.2) is 55.0 Å². The average Bonchev–Trinajstić information content (AvgIpc) is 3.10. The normalized spacial score (nSPS) is 21.1. The van der Waals surface area contributed by atoms with E-state index in [2.05, 4.69) is 55.9 Å². The highest BCUT2D eigenvalue weighted by molar-refractivity contribution is 5.82. The van der Waals surface area contributed by atoms with Crippen molar-refractivity contribution in [3.05, 3.63) is 60.6 Å². The topological polar surface area (TPSA) is 62.2 Å². The molecule has 6 nitrogen and oxygen atoms in total. The number of piperidine rings is 1. The van der Waals surface area contributed by atoms with Crippen molar-refractivity contribution in [2.75, 3.05) is 31.1 Å². The molecule has 3 aromatic rings. The van der Waals surface area contributed by atoms with Crippen molar-refractivity contribution in [1.82, 2.24) is 19.9 Å². The molecule has 4 heterocycles. The van der Waals surface area contributed by atoms with E-state index < -0.39 is 0 Å². The van der Waals surface area contributed by atoms with Crippen LogP contribution in [0, 0.1) is 11.3 Å². The highest BCUT2D eigenvalue weighted by Gasteiger charge is 2.40. The molecular formula is C27H33N5O. The zero-order valence-electron chi connectivity index (χ0n) is 19.5. The Bertz CT molecular complexity index is 1090. The Balaban J connectivity index is 1.17. The molecule has 6 heteroatoms. The molecule has 0 N–H and O–H groups in total. The van der Waals surface area contributed by atoms with Gasteiger partial charge in [0.25, 0.3) is 0 Å². The number of benzene rings is 1. The van der Waals surface area contributed by atoms with Gasteiger partial charge < -0.3 is 9.80 Å². The Labute approximate surface area is 196 Å². The maximum Gasteiger partial charge on any atom is 0.228 e. The van der Waals surface area contributed by atoms with Crippen LogP contribution in [0.4, 0.5) is 5.95 Å². The lowest BCUT2D eigenvalue weighted by Gasteiger charge is -2.41. The van der Waals surface area contributed by atoms with Gasteiger partial charge in [-0.15, -0.1) is 0 Å². The third-order valence-corrected chi connectivity index (χ3v) is 7.52. The number of hydrogen-bond donors (Lipinski definition) is 0. The van der Waals surface area contributed by atoms with Gasteiger partial charge in [-0.1, -0.05) is 25.1 Å². The number of rotatable bonds is 4. The predicted molar refractivity (Wildman–Crippen MR) is 131 cm³/mol. The Hall–Kier alpha value is -3.02. The lowest BCUT2D eigenvalue weighted by Crippen LogP contribution is -2.49. The first kappa shape index (κ1) is 21.8. The number of likely N-dealkylation sites (tertiary alicyclic amines) is 1. The van der Waals surface area contributed by atoms with Crippen LogP contribution in [0.25, 0.3) is 10.9 Å². The second kappa shape index (κ2) is 9.46. The number of carbonyl (C=O) groups excluding carboxylic acids is 1. The molecule has 1 amide bonds. The van der Waals surface area contributed by atoms with Crippen LogP contribution in [0.1, 0.15) is 44.6 Å². The monoisotopic (exact) mass is 443 g/mol. The molecular weight excluding hydrogens is 410 g/mol. The summed E-state index contributed by atoms with van der Waals surface area (Å²) in [6, 6.07) is 12.4.